The highest BCUT2D eigenvalue weighted by Crippen LogP contribution is 2.01. The van der Waals surface area contributed by atoms with E-state index in [2.05, 4.69) is 10.2 Å². The maximum atomic E-state index is 11.6. The SMILES string of the molecule is CCOC(CCN(C)C)CNC(=O)C(C)(C)N.Cl.Cl. The second kappa shape index (κ2) is 11.7. The van der Waals surface area contributed by atoms with Gasteiger partial charge in [0.1, 0.15) is 0 Å². The lowest BCUT2D eigenvalue weighted by molar-refractivity contribution is -0.125. The molecule has 118 valence electrons. The van der Waals surface area contributed by atoms with Crippen LogP contribution in [-0.4, -0.2) is 56.2 Å². The van der Waals surface area contributed by atoms with Crippen LogP contribution >= 0.6 is 24.8 Å². The number of carbonyl (C=O) groups excluding carboxylic acids is 1. The highest BCUT2D eigenvalue weighted by Gasteiger charge is 2.22. The summed E-state index contributed by atoms with van der Waals surface area (Å²) in [7, 11) is 4.04. The third-order valence-electron chi connectivity index (χ3n) is 2.38. The maximum Gasteiger partial charge on any atom is 0.239 e. The fourth-order valence-electron chi connectivity index (χ4n) is 1.32. The Kier molecular flexibility index (Phi) is 14.8. The molecule has 1 atom stereocenters. The maximum absolute atomic E-state index is 11.6. The summed E-state index contributed by atoms with van der Waals surface area (Å²) < 4.78 is 5.57. The van der Waals surface area contributed by atoms with Gasteiger partial charge in [0.15, 0.2) is 0 Å². The highest BCUT2D eigenvalue weighted by molar-refractivity contribution is 5.85. The third-order valence-corrected chi connectivity index (χ3v) is 2.38. The van der Waals surface area contributed by atoms with Crippen molar-refractivity contribution >= 4 is 30.7 Å². The van der Waals surface area contributed by atoms with E-state index in [9.17, 15) is 4.79 Å². The van der Waals surface area contributed by atoms with Crippen molar-refractivity contribution in [3.8, 4) is 0 Å². The van der Waals surface area contributed by atoms with Gasteiger partial charge in [-0.3, -0.25) is 4.79 Å². The molecule has 0 aliphatic rings. The van der Waals surface area contributed by atoms with E-state index < -0.39 is 5.54 Å². The Bertz CT molecular complexity index is 234. The number of ether oxygens (including phenoxy) is 1. The van der Waals surface area contributed by atoms with Crippen LogP contribution in [0.3, 0.4) is 0 Å². The van der Waals surface area contributed by atoms with Gasteiger partial charge in [-0.1, -0.05) is 0 Å². The van der Waals surface area contributed by atoms with Crippen molar-refractivity contribution in [1.29, 1.82) is 0 Å². The predicted octanol–water partition coefficient (Wildman–Crippen LogP) is 1.04. The van der Waals surface area contributed by atoms with Crippen LogP contribution in [0.2, 0.25) is 0 Å². The topological polar surface area (TPSA) is 67.6 Å². The van der Waals surface area contributed by atoms with Crippen LogP contribution < -0.4 is 11.1 Å². The fraction of sp³-hybridized carbons (Fsp3) is 0.917. The quantitative estimate of drug-likeness (QED) is 0.702. The Balaban J connectivity index is -0.00000128. The molecule has 0 radical (unpaired) electrons. The van der Waals surface area contributed by atoms with E-state index in [-0.39, 0.29) is 36.8 Å². The van der Waals surface area contributed by atoms with Crippen LogP contribution in [0.25, 0.3) is 0 Å². The van der Waals surface area contributed by atoms with E-state index in [4.69, 9.17) is 10.5 Å². The molecule has 3 N–H and O–H groups in total. The molecule has 0 fully saturated rings. The van der Waals surface area contributed by atoms with Crippen LogP contribution in [0, 0.1) is 0 Å². The van der Waals surface area contributed by atoms with Gasteiger partial charge in [0.25, 0.3) is 0 Å². The van der Waals surface area contributed by atoms with Crippen LogP contribution in [0.15, 0.2) is 0 Å². The molecule has 0 bridgehead atoms. The van der Waals surface area contributed by atoms with Gasteiger partial charge < -0.3 is 20.7 Å². The van der Waals surface area contributed by atoms with Gasteiger partial charge in [-0.05, 0) is 41.3 Å². The first-order valence-corrected chi connectivity index (χ1v) is 6.10. The number of nitrogens with two attached hydrogens (primary N) is 1. The van der Waals surface area contributed by atoms with Crippen molar-refractivity contribution in [2.75, 3.05) is 33.8 Å². The zero-order chi connectivity index (χ0) is 13.5. The summed E-state index contributed by atoms with van der Waals surface area (Å²) >= 11 is 0. The molecule has 0 aromatic carbocycles. The molecule has 0 aliphatic heterocycles. The summed E-state index contributed by atoms with van der Waals surface area (Å²) in [6.07, 6.45) is 0.945. The molecule has 0 spiro atoms. The first-order chi connectivity index (χ1) is 7.77. The molecule has 0 saturated carbocycles. The summed E-state index contributed by atoms with van der Waals surface area (Å²) in [6, 6.07) is 0. The molecule has 0 rings (SSSR count). The summed E-state index contributed by atoms with van der Waals surface area (Å²) in [5.74, 6) is -0.146. The van der Waals surface area contributed by atoms with Gasteiger partial charge in [-0.15, -0.1) is 24.8 Å². The monoisotopic (exact) mass is 317 g/mol. The van der Waals surface area contributed by atoms with E-state index in [0.717, 1.165) is 13.0 Å². The van der Waals surface area contributed by atoms with Gasteiger partial charge in [0.2, 0.25) is 5.91 Å². The predicted molar refractivity (Wildman–Crippen MR) is 84.4 cm³/mol. The van der Waals surface area contributed by atoms with E-state index in [1.165, 1.54) is 0 Å². The smallest absolute Gasteiger partial charge is 0.239 e. The Morgan fingerprint density at radius 1 is 1.37 bits per heavy atom. The Labute approximate surface area is 129 Å². The van der Waals surface area contributed by atoms with E-state index in [1.54, 1.807) is 13.8 Å². The Hall–Kier alpha value is -0.0700. The van der Waals surface area contributed by atoms with Crippen molar-refractivity contribution < 1.29 is 9.53 Å². The Morgan fingerprint density at radius 2 is 1.89 bits per heavy atom. The van der Waals surface area contributed by atoms with Gasteiger partial charge >= 0.3 is 0 Å². The Morgan fingerprint density at radius 3 is 2.26 bits per heavy atom. The number of rotatable bonds is 8. The summed E-state index contributed by atoms with van der Waals surface area (Å²) in [5.41, 5.74) is 4.87. The van der Waals surface area contributed by atoms with Crippen LogP contribution in [-0.2, 0) is 9.53 Å². The number of hydrogen-bond donors (Lipinski definition) is 2. The number of nitrogens with one attached hydrogen (secondary N) is 1. The first-order valence-electron chi connectivity index (χ1n) is 6.10. The molecule has 7 heteroatoms. The van der Waals surface area contributed by atoms with Crippen molar-refractivity contribution in [3.05, 3.63) is 0 Å². The van der Waals surface area contributed by atoms with E-state index >= 15 is 0 Å². The van der Waals surface area contributed by atoms with Crippen molar-refractivity contribution in [1.82, 2.24) is 10.2 Å². The van der Waals surface area contributed by atoms with Gasteiger partial charge in [-0.25, -0.2) is 0 Å². The zero-order valence-electron chi connectivity index (χ0n) is 12.6. The fourth-order valence-corrected chi connectivity index (χ4v) is 1.32. The number of nitrogens with zero attached hydrogens (tertiary/aromatic N) is 1. The summed E-state index contributed by atoms with van der Waals surface area (Å²) in [6.45, 7) is 7.45. The van der Waals surface area contributed by atoms with Crippen LogP contribution in [0.1, 0.15) is 27.2 Å². The molecule has 1 amide bonds. The summed E-state index contributed by atoms with van der Waals surface area (Å²) in [5, 5.41) is 2.82. The lowest BCUT2D eigenvalue weighted by atomic mass is 10.1. The third kappa shape index (κ3) is 12.7. The van der Waals surface area contributed by atoms with Gasteiger partial charge in [0, 0.05) is 19.7 Å². The molecule has 0 saturated heterocycles. The molecule has 1 unspecified atom stereocenters. The zero-order valence-corrected chi connectivity index (χ0v) is 14.2. The van der Waals surface area contributed by atoms with Gasteiger partial charge in [-0.2, -0.15) is 0 Å². The average Bonchev–Trinajstić information content (AvgIpc) is 2.20. The summed E-state index contributed by atoms with van der Waals surface area (Å²) in [4.78, 5) is 13.7. The number of amides is 1. The number of carbonyl (C=O) groups is 1. The van der Waals surface area contributed by atoms with E-state index in [0.29, 0.717) is 13.2 Å². The van der Waals surface area contributed by atoms with Crippen LogP contribution in [0.4, 0.5) is 0 Å². The molecule has 19 heavy (non-hydrogen) atoms. The largest absolute Gasteiger partial charge is 0.377 e. The molecular formula is C12H29Cl2N3O2. The van der Waals surface area contributed by atoms with Crippen molar-refractivity contribution in [2.24, 2.45) is 5.73 Å². The minimum Gasteiger partial charge on any atom is -0.377 e. The lowest BCUT2D eigenvalue weighted by Crippen LogP contribution is -2.51. The second-order valence-electron chi connectivity index (χ2n) is 5.10. The van der Waals surface area contributed by atoms with Crippen molar-refractivity contribution in [2.45, 2.75) is 38.8 Å². The second-order valence-corrected chi connectivity index (χ2v) is 5.10. The minimum absolute atomic E-state index is 0. The molecular weight excluding hydrogens is 289 g/mol. The molecule has 0 heterocycles. The number of hydrogen-bond acceptors (Lipinski definition) is 4. The average molecular weight is 318 g/mol. The first kappa shape index (κ1) is 24.0. The highest BCUT2D eigenvalue weighted by atomic mass is 35.5. The number of halogens is 2. The van der Waals surface area contributed by atoms with E-state index in [1.807, 2.05) is 21.0 Å². The van der Waals surface area contributed by atoms with Crippen LogP contribution in [0.5, 0.6) is 0 Å². The molecule has 0 aromatic heterocycles. The van der Waals surface area contributed by atoms with Crippen molar-refractivity contribution in [3.63, 3.8) is 0 Å². The normalized spacial score (nSPS) is 12.4. The standard InChI is InChI=1S/C12H27N3O2.2ClH/c1-6-17-10(7-8-15(4)5)9-14-11(16)12(2,3)13;;/h10H,6-9,13H2,1-5H3,(H,14,16);2*1H. The molecule has 0 aromatic rings. The molecule has 5 nitrogen and oxygen atoms in total. The van der Waals surface area contributed by atoms with Gasteiger partial charge in [0.05, 0.1) is 11.6 Å². The lowest BCUT2D eigenvalue weighted by Gasteiger charge is -2.23. The minimum atomic E-state index is -0.835. The molecule has 0 aliphatic carbocycles.